The lowest BCUT2D eigenvalue weighted by molar-refractivity contribution is -0.134. The van der Waals surface area contributed by atoms with Crippen LogP contribution in [0, 0.1) is 5.41 Å². The molecule has 116 valence electrons. The Hall–Kier alpha value is -1.06. The quantitative estimate of drug-likeness (QED) is 0.916. The number of hydrogen-bond donors (Lipinski definition) is 1. The molecule has 1 aromatic carbocycles. The van der Waals surface area contributed by atoms with Gasteiger partial charge in [-0.05, 0) is 36.5 Å². The Morgan fingerprint density at radius 1 is 1.38 bits per heavy atom. The first-order chi connectivity index (χ1) is 9.75. The fourth-order valence-electron chi connectivity index (χ4n) is 2.71. The van der Waals surface area contributed by atoms with Crippen LogP contribution in [0.4, 0.5) is 0 Å². The van der Waals surface area contributed by atoms with Gasteiger partial charge in [0.15, 0.2) is 0 Å². The summed E-state index contributed by atoms with van der Waals surface area (Å²) in [4.78, 5) is 14.7. The van der Waals surface area contributed by atoms with Crippen LogP contribution in [0.5, 0.6) is 0 Å². The van der Waals surface area contributed by atoms with Crippen LogP contribution in [0.3, 0.4) is 0 Å². The second-order valence-corrected chi connectivity index (χ2v) is 7.31. The van der Waals surface area contributed by atoms with E-state index in [1.807, 2.05) is 36.1 Å². The van der Waals surface area contributed by atoms with E-state index in [1.165, 1.54) is 0 Å². The van der Waals surface area contributed by atoms with Crippen LogP contribution in [0.15, 0.2) is 24.3 Å². The molecule has 0 aliphatic carbocycles. The van der Waals surface area contributed by atoms with E-state index in [2.05, 4.69) is 33.0 Å². The summed E-state index contributed by atoms with van der Waals surface area (Å²) in [5.41, 5.74) is 1.07. The number of rotatable bonds is 3. The van der Waals surface area contributed by atoms with Gasteiger partial charge in [0.1, 0.15) is 6.17 Å². The van der Waals surface area contributed by atoms with Crippen molar-refractivity contribution in [3.63, 3.8) is 0 Å². The highest BCUT2D eigenvalue weighted by molar-refractivity contribution is 6.30. The molecule has 3 atom stereocenters. The van der Waals surface area contributed by atoms with Gasteiger partial charge in [-0.2, -0.15) is 0 Å². The third-order valence-electron chi connectivity index (χ3n) is 4.43. The molecule has 0 bridgehead atoms. The molecule has 0 radical (unpaired) electrons. The van der Waals surface area contributed by atoms with Crippen LogP contribution in [0.25, 0.3) is 0 Å². The molecule has 21 heavy (non-hydrogen) atoms. The van der Waals surface area contributed by atoms with E-state index >= 15 is 0 Å². The third-order valence-corrected chi connectivity index (χ3v) is 4.67. The van der Waals surface area contributed by atoms with Crippen molar-refractivity contribution in [2.75, 3.05) is 0 Å². The van der Waals surface area contributed by atoms with E-state index < -0.39 is 0 Å². The summed E-state index contributed by atoms with van der Waals surface area (Å²) in [6.45, 7) is 10.7. The lowest BCUT2D eigenvalue weighted by atomic mass is 9.86. The predicted octanol–water partition coefficient (Wildman–Crippen LogP) is 3.98. The SMILES string of the molecule is CCC1NC(c2cccc(Cl)c2)N(C(C)C(C)(C)C)C1=O. The van der Waals surface area contributed by atoms with Gasteiger partial charge in [0, 0.05) is 11.1 Å². The van der Waals surface area contributed by atoms with Gasteiger partial charge < -0.3 is 4.90 Å². The summed E-state index contributed by atoms with van der Waals surface area (Å²) in [6, 6.07) is 7.78. The standard InChI is InChI=1S/C17H25ClN2O/c1-6-14-16(21)20(11(2)17(3,4)5)15(19-14)12-8-7-9-13(18)10-12/h7-11,14-15,19H,6H2,1-5H3. The van der Waals surface area contributed by atoms with E-state index in [9.17, 15) is 4.79 Å². The van der Waals surface area contributed by atoms with Crippen LogP contribution in [-0.2, 0) is 4.79 Å². The number of carbonyl (C=O) groups is 1. The second kappa shape index (κ2) is 5.98. The minimum atomic E-state index is -0.112. The van der Waals surface area contributed by atoms with Crippen molar-refractivity contribution >= 4 is 17.5 Å². The largest absolute Gasteiger partial charge is 0.318 e. The molecule has 0 aromatic heterocycles. The molecule has 4 heteroatoms. The molecule has 1 aliphatic rings. The summed E-state index contributed by atoms with van der Waals surface area (Å²) in [6.07, 6.45) is 0.693. The minimum Gasteiger partial charge on any atom is -0.318 e. The maximum atomic E-state index is 12.7. The van der Waals surface area contributed by atoms with Gasteiger partial charge in [-0.15, -0.1) is 0 Å². The van der Waals surface area contributed by atoms with Crippen LogP contribution in [0.2, 0.25) is 5.02 Å². The van der Waals surface area contributed by atoms with E-state index in [-0.39, 0.29) is 29.6 Å². The first-order valence-electron chi connectivity index (χ1n) is 7.59. The van der Waals surface area contributed by atoms with E-state index in [1.54, 1.807) is 0 Å². The van der Waals surface area contributed by atoms with Gasteiger partial charge in [0.2, 0.25) is 5.91 Å². The van der Waals surface area contributed by atoms with E-state index in [0.29, 0.717) is 5.02 Å². The summed E-state index contributed by atoms with van der Waals surface area (Å²) in [5, 5.41) is 4.15. The molecule has 1 amide bonds. The smallest absolute Gasteiger partial charge is 0.241 e. The van der Waals surface area contributed by atoms with Crippen molar-refractivity contribution in [2.24, 2.45) is 5.41 Å². The lowest BCUT2D eigenvalue weighted by Crippen LogP contribution is -2.45. The van der Waals surface area contributed by atoms with Crippen LogP contribution in [0.1, 0.15) is 52.8 Å². The average Bonchev–Trinajstić information content (AvgIpc) is 2.73. The Kier molecular flexibility index (Phi) is 4.64. The fourth-order valence-corrected chi connectivity index (χ4v) is 2.91. The van der Waals surface area contributed by atoms with Crippen molar-refractivity contribution in [3.05, 3.63) is 34.9 Å². The van der Waals surface area contributed by atoms with E-state index in [0.717, 1.165) is 12.0 Å². The van der Waals surface area contributed by atoms with Crippen LogP contribution < -0.4 is 5.32 Å². The minimum absolute atomic E-state index is 0.0246. The molecule has 3 nitrogen and oxygen atoms in total. The zero-order valence-electron chi connectivity index (χ0n) is 13.5. The first kappa shape index (κ1) is 16.3. The second-order valence-electron chi connectivity index (χ2n) is 6.87. The predicted molar refractivity (Wildman–Crippen MR) is 87.2 cm³/mol. The Labute approximate surface area is 132 Å². The number of nitrogens with zero attached hydrogens (tertiary/aromatic N) is 1. The molecule has 1 heterocycles. The molecule has 1 saturated heterocycles. The number of amides is 1. The first-order valence-corrected chi connectivity index (χ1v) is 7.97. The summed E-state index contributed by atoms with van der Waals surface area (Å²) in [5.74, 6) is 0.185. The van der Waals surface area contributed by atoms with Crippen molar-refractivity contribution < 1.29 is 4.79 Å². The van der Waals surface area contributed by atoms with Crippen molar-refractivity contribution in [1.29, 1.82) is 0 Å². The van der Waals surface area contributed by atoms with Gasteiger partial charge in [0.25, 0.3) is 0 Å². The molecular weight excluding hydrogens is 284 g/mol. The molecule has 1 N–H and O–H groups in total. The van der Waals surface area contributed by atoms with Crippen molar-refractivity contribution in [1.82, 2.24) is 10.2 Å². The lowest BCUT2D eigenvalue weighted by Gasteiger charge is -2.38. The number of carbonyl (C=O) groups excluding carboxylic acids is 1. The van der Waals surface area contributed by atoms with E-state index in [4.69, 9.17) is 11.6 Å². The Morgan fingerprint density at radius 3 is 2.57 bits per heavy atom. The number of benzene rings is 1. The Bertz CT molecular complexity index is 524. The highest BCUT2D eigenvalue weighted by atomic mass is 35.5. The molecule has 3 unspecified atom stereocenters. The molecule has 0 saturated carbocycles. The van der Waals surface area contributed by atoms with Gasteiger partial charge >= 0.3 is 0 Å². The molecule has 2 rings (SSSR count). The summed E-state index contributed by atoms with van der Waals surface area (Å²) >= 11 is 6.12. The van der Waals surface area contributed by atoms with Gasteiger partial charge in [-0.1, -0.05) is 51.4 Å². The maximum Gasteiger partial charge on any atom is 0.241 e. The normalized spacial score (nSPS) is 24.5. The molecule has 0 spiro atoms. The highest BCUT2D eigenvalue weighted by Gasteiger charge is 2.43. The highest BCUT2D eigenvalue weighted by Crippen LogP contribution is 2.35. The Balaban J connectivity index is 2.39. The number of halogens is 1. The summed E-state index contributed by atoms with van der Waals surface area (Å²) < 4.78 is 0. The monoisotopic (exact) mass is 308 g/mol. The topological polar surface area (TPSA) is 32.3 Å². The zero-order chi connectivity index (χ0) is 15.8. The fraction of sp³-hybridized carbons (Fsp3) is 0.588. The molecule has 1 fully saturated rings. The molecule has 1 aliphatic heterocycles. The maximum absolute atomic E-state index is 12.7. The average molecular weight is 309 g/mol. The van der Waals surface area contributed by atoms with Gasteiger partial charge in [0.05, 0.1) is 6.04 Å². The molecular formula is C17H25ClN2O. The number of hydrogen-bond acceptors (Lipinski definition) is 2. The van der Waals surface area contributed by atoms with Gasteiger partial charge in [-0.25, -0.2) is 0 Å². The Morgan fingerprint density at radius 2 is 2.05 bits per heavy atom. The third kappa shape index (κ3) is 3.24. The zero-order valence-corrected chi connectivity index (χ0v) is 14.2. The van der Waals surface area contributed by atoms with Crippen LogP contribution in [-0.4, -0.2) is 22.9 Å². The van der Waals surface area contributed by atoms with Crippen LogP contribution >= 0.6 is 11.6 Å². The van der Waals surface area contributed by atoms with Crippen molar-refractivity contribution in [3.8, 4) is 0 Å². The number of nitrogens with one attached hydrogen (secondary N) is 1. The van der Waals surface area contributed by atoms with Crippen molar-refractivity contribution in [2.45, 2.75) is 59.3 Å². The molecule has 1 aromatic rings. The van der Waals surface area contributed by atoms with Gasteiger partial charge in [-0.3, -0.25) is 10.1 Å². The summed E-state index contributed by atoms with van der Waals surface area (Å²) in [7, 11) is 0.